The maximum absolute atomic E-state index is 14.6. The van der Waals surface area contributed by atoms with E-state index in [1.165, 1.54) is 59.8 Å². The van der Waals surface area contributed by atoms with Crippen LogP contribution in [0, 0.1) is 11.8 Å². The SMILES string of the molecule is CC[C@H](C)[C@@H]1NC(=O)[C@H](Cc2ccc(O)cc2)N(C)C(=O)[C@H](C)NC(=O)CN(C)C(=O)[C@@H]2CCCN2C(=O)[C@@H](Cc2ccccc2)N(C)C(=O)[C@H](CC(C)C)NC1=O. The molecule has 15 heteroatoms. The maximum Gasteiger partial charge on any atom is 0.246 e. The van der Waals surface area contributed by atoms with Crippen molar-refractivity contribution in [1.82, 2.24) is 35.6 Å². The number of phenols is 1. The van der Waals surface area contributed by atoms with Crippen LogP contribution in [0.1, 0.15) is 71.4 Å². The van der Waals surface area contributed by atoms with E-state index >= 15 is 0 Å². The van der Waals surface area contributed by atoms with Crippen LogP contribution in [0.3, 0.4) is 0 Å². The molecule has 4 rings (SSSR count). The third-order valence-electron chi connectivity index (χ3n) is 11.3. The number of amides is 7. The first-order valence-corrected chi connectivity index (χ1v) is 20.2. The molecule has 2 fully saturated rings. The zero-order valence-corrected chi connectivity index (χ0v) is 35.1. The summed E-state index contributed by atoms with van der Waals surface area (Å²) in [6, 6.07) is 9.03. The summed E-state index contributed by atoms with van der Waals surface area (Å²) in [4.78, 5) is 104. The maximum atomic E-state index is 14.6. The Bertz CT molecular complexity index is 1790. The van der Waals surface area contributed by atoms with Crippen molar-refractivity contribution < 1.29 is 38.7 Å². The van der Waals surface area contributed by atoms with Gasteiger partial charge >= 0.3 is 0 Å². The Labute approximate surface area is 341 Å². The lowest BCUT2D eigenvalue weighted by molar-refractivity contribution is -0.150. The van der Waals surface area contributed by atoms with Crippen molar-refractivity contribution in [1.29, 1.82) is 0 Å². The van der Waals surface area contributed by atoms with Crippen LogP contribution >= 0.6 is 0 Å². The summed E-state index contributed by atoms with van der Waals surface area (Å²) in [5, 5.41) is 18.3. The van der Waals surface area contributed by atoms with Crippen LogP contribution in [0.2, 0.25) is 0 Å². The van der Waals surface area contributed by atoms with Gasteiger partial charge in [0.1, 0.15) is 42.0 Å². The predicted octanol–water partition coefficient (Wildman–Crippen LogP) is 1.86. The van der Waals surface area contributed by atoms with E-state index in [9.17, 15) is 38.7 Å². The monoisotopic (exact) mass is 803 g/mol. The van der Waals surface area contributed by atoms with Crippen LogP contribution in [0.15, 0.2) is 54.6 Å². The van der Waals surface area contributed by atoms with Gasteiger partial charge in [-0.05, 0) is 61.3 Å². The summed E-state index contributed by atoms with van der Waals surface area (Å²) in [5.41, 5.74) is 1.41. The number of benzene rings is 2. The molecule has 0 spiro atoms. The first-order valence-electron chi connectivity index (χ1n) is 20.2. The van der Waals surface area contributed by atoms with Gasteiger partial charge in [-0.2, -0.15) is 0 Å². The smallest absolute Gasteiger partial charge is 0.246 e. The van der Waals surface area contributed by atoms with Gasteiger partial charge in [-0.3, -0.25) is 33.6 Å². The molecule has 2 heterocycles. The Morgan fingerprint density at radius 2 is 1.33 bits per heavy atom. The fourth-order valence-corrected chi connectivity index (χ4v) is 7.63. The highest BCUT2D eigenvalue weighted by atomic mass is 16.3. The normalized spacial score (nSPS) is 25.6. The number of fused-ring (bicyclic) bond motifs is 1. The number of nitrogens with zero attached hydrogens (tertiary/aromatic N) is 4. The number of carbonyl (C=O) groups is 7. The Hall–Kier alpha value is -5.47. The van der Waals surface area contributed by atoms with Gasteiger partial charge in [0.05, 0.1) is 6.54 Å². The highest BCUT2D eigenvalue weighted by Crippen LogP contribution is 2.24. The highest BCUT2D eigenvalue weighted by Gasteiger charge is 2.43. The van der Waals surface area contributed by atoms with Crippen LogP contribution in [0.5, 0.6) is 5.75 Å². The van der Waals surface area contributed by atoms with Crippen molar-refractivity contribution in [3.05, 3.63) is 65.7 Å². The molecule has 7 atom stereocenters. The number of phenolic OH excluding ortho intramolecular Hbond substituents is 1. The summed E-state index contributed by atoms with van der Waals surface area (Å²) >= 11 is 0. The van der Waals surface area contributed by atoms with E-state index in [4.69, 9.17) is 0 Å². The van der Waals surface area contributed by atoms with Crippen molar-refractivity contribution in [2.75, 3.05) is 34.2 Å². The molecule has 2 saturated heterocycles. The first kappa shape index (κ1) is 45.2. The van der Waals surface area contributed by atoms with Crippen LogP contribution < -0.4 is 16.0 Å². The molecule has 2 aromatic rings. The fourth-order valence-electron chi connectivity index (χ4n) is 7.63. The molecule has 2 aliphatic heterocycles. The van der Waals surface area contributed by atoms with Crippen molar-refractivity contribution >= 4 is 41.4 Å². The van der Waals surface area contributed by atoms with E-state index in [-0.39, 0.29) is 37.5 Å². The van der Waals surface area contributed by atoms with Crippen LogP contribution in [0.4, 0.5) is 0 Å². The number of hydrogen-bond donors (Lipinski definition) is 4. The number of likely N-dealkylation sites (N-methyl/N-ethyl adjacent to an activating group) is 3. The van der Waals surface area contributed by atoms with Crippen LogP contribution in [0.25, 0.3) is 0 Å². The second kappa shape index (κ2) is 20.3. The number of carbonyl (C=O) groups excluding carboxylic acids is 7. The average molecular weight is 804 g/mol. The summed E-state index contributed by atoms with van der Waals surface area (Å²) < 4.78 is 0. The lowest BCUT2D eigenvalue weighted by atomic mass is 9.95. The molecule has 2 aromatic carbocycles. The number of hydrogen-bond acceptors (Lipinski definition) is 8. The van der Waals surface area contributed by atoms with Crippen molar-refractivity contribution in [3.63, 3.8) is 0 Å². The van der Waals surface area contributed by atoms with Gasteiger partial charge in [-0.15, -0.1) is 0 Å². The summed E-state index contributed by atoms with van der Waals surface area (Å²) in [6.45, 7) is 8.85. The zero-order valence-electron chi connectivity index (χ0n) is 35.1. The van der Waals surface area contributed by atoms with E-state index in [0.29, 0.717) is 24.8 Å². The quantitative estimate of drug-likeness (QED) is 0.311. The second-order valence-electron chi connectivity index (χ2n) is 16.2. The van der Waals surface area contributed by atoms with Crippen molar-refractivity contribution in [2.45, 2.75) is 109 Å². The third kappa shape index (κ3) is 11.3. The van der Waals surface area contributed by atoms with E-state index in [1.54, 1.807) is 19.1 Å². The molecular weight excluding hydrogens is 743 g/mol. The largest absolute Gasteiger partial charge is 0.508 e. The molecule has 58 heavy (non-hydrogen) atoms. The van der Waals surface area contributed by atoms with Crippen molar-refractivity contribution in [2.24, 2.45) is 11.8 Å². The molecular formula is C43H61N7O8. The molecule has 0 aromatic heterocycles. The molecule has 0 unspecified atom stereocenters. The molecule has 0 saturated carbocycles. The molecule has 4 N–H and O–H groups in total. The van der Waals surface area contributed by atoms with Gasteiger partial charge in [0.15, 0.2) is 0 Å². The van der Waals surface area contributed by atoms with Crippen molar-refractivity contribution in [3.8, 4) is 5.75 Å². The predicted molar refractivity (Wildman–Crippen MR) is 218 cm³/mol. The first-order chi connectivity index (χ1) is 27.4. The standard InChI is InChI=1S/C43H61N7O8/c1-9-27(4)37-39(54)45-32(22-26(2)3)41(56)49(8)35(24-29-14-11-10-12-15-29)43(58)50-21-13-16-33(50)42(57)47(6)25-36(52)44-28(5)40(55)48(7)34(38(53)46-37)23-30-17-19-31(51)20-18-30/h10-12,14-15,17-20,26-28,32-35,37,51H,9,13,16,21-25H2,1-8H3,(H,44,52)(H,45,54)(H,46,53)/t27-,28-,32-,33-,34-,35+,37-/m0/s1. The highest BCUT2D eigenvalue weighted by molar-refractivity contribution is 5.98. The lowest BCUT2D eigenvalue weighted by Gasteiger charge is -2.36. The lowest BCUT2D eigenvalue weighted by Crippen LogP contribution is -2.61. The number of aromatic hydroxyl groups is 1. The van der Waals surface area contributed by atoms with Crippen LogP contribution in [-0.2, 0) is 46.4 Å². The minimum Gasteiger partial charge on any atom is -0.508 e. The van der Waals surface area contributed by atoms with Crippen LogP contribution in [-0.4, -0.2) is 137 Å². The van der Waals surface area contributed by atoms with Gasteiger partial charge in [-0.1, -0.05) is 76.6 Å². The average Bonchev–Trinajstić information content (AvgIpc) is 3.69. The molecule has 7 amide bonds. The Morgan fingerprint density at radius 1 is 0.724 bits per heavy atom. The Kier molecular flexibility index (Phi) is 15.8. The summed E-state index contributed by atoms with van der Waals surface area (Å²) in [6.07, 6.45) is 1.77. The summed E-state index contributed by atoms with van der Waals surface area (Å²) in [7, 11) is 4.42. The van der Waals surface area contributed by atoms with E-state index in [2.05, 4.69) is 16.0 Å². The number of nitrogens with one attached hydrogen (secondary N) is 3. The van der Waals surface area contributed by atoms with Gasteiger partial charge in [0, 0.05) is 40.5 Å². The molecule has 2 aliphatic rings. The third-order valence-corrected chi connectivity index (χ3v) is 11.3. The minimum atomic E-state index is -1.16. The van der Waals surface area contributed by atoms with Gasteiger partial charge in [0.25, 0.3) is 0 Å². The van der Waals surface area contributed by atoms with E-state index in [1.807, 2.05) is 51.1 Å². The number of rotatable bonds is 8. The topological polar surface area (TPSA) is 189 Å². The summed E-state index contributed by atoms with van der Waals surface area (Å²) in [5.74, 6) is -4.29. The fraction of sp³-hybridized carbons (Fsp3) is 0.558. The molecule has 15 nitrogen and oxygen atoms in total. The van der Waals surface area contributed by atoms with Gasteiger partial charge in [0.2, 0.25) is 41.4 Å². The van der Waals surface area contributed by atoms with Gasteiger partial charge < -0.3 is 40.7 Å². The molecule has 0 aliphatic carbocycles. The molecule has 0 radical (unpaired) electrons. The molecule has 0 bridgehead atoms. The van der Waals surface area contributed by atoms with E-state index in [0.717, 1.165) is 5.56 Å². The van der Waals surface area contributed by atoms with E-state index < -0.39 is 90.1 Å². The Morgan fingerprint density at radius 3 is 1.95 bits per heavy atom. The molecule has 316 valence electrons. The van der Waals surface area contributed by atoms with Gasteiger partial charge in [-0.25, -0.2) is 0 Å². The Balaban J connectivity index is 1.80. The zero-order chi connectivity index (χ0) is 42.8. The second-order valence-corrected chi connectivity index (χ2v) is 16.2. The minimum absolute atomic E-state index is 0.00901.